The number of hydrogen-bond acceptors (Lipinski definition) is 3. The van der Waals surface area contributed by atoms with E-state index in [1.54, 1.807) is 48.6 Å². The third-order valence-electron chi connectivity index (χ3n) is 4.02. The number of ketones is 1. The van der Waals surface area contributed by atoms with Gasteiger partial charge in [-0.3, -0.25) is 9.59 Å². The van der Waals surface area contributed by atoms with E-state index in [9.17, 15) is 9.59 Å². The Morgan fingerprint density at radius 1 is 0.917 bits per heavy atom. The molecule has 2 aromatic carbocycles. The maximum Gasteiger partial charge on any atom is 0.317 e. The van der Waals surface area contributed by atoms with Crippen LogP contribution >= 0.6 is 0 Å². The highest BCUT2D eigenvalue weighted by atomic mass is 16.5. The summed E-state index contributed by atoms with van der Waals surface area (Å²) < 4.78 is 5.63. The highest BCUT2D eigenvalue weighted by Gasteiger charge is 2.29. The van der Waals surface area contributed by atoms with Crippen LogP contribution in [-0.4, -0.2) is 11.8 Å². The molecule has 0 aromatic heterocycles. The van der Waals surface area contributed by atoms with Crippen molar-refractivity contribution in [2.45, 2.75) is 13.0 Å². The average molecular weight is 318 g/mol. The molecule has 0 fully saturated rings. The van der Waals surface area contributed by atoms with Gasteiger partial charge in [0.05, 0.1) is 5.92 Å². The second-order valence-corrected chi connectivity index (χ2v) is 5.70. The van der Waals surface area contributed by atoms with Crippen molar-refractivity contribution in [2.24, 2.45) is 5.92 Å². The molecule has 2 aromatic rings. The SMILES string of the molecule is Cc1ccccc1C(OC(=O)C1C=CC=C1)C(=O)c1ccccc1. The highest BCUT2D eigenvalue weighted by molar-refractivity contribution is 6.01. The van der Waals surface area contributed by atoms with Gasteiger partial charge < -0.3 is 4.74 Å². The molecule has 1 unspecified atom stereocenters. The second-order valence-electron chi connectivity index (χ2n) is 5.70. The topological polar surface area (TPSA) is 43.4 Å². The lowest BCUT2D eigenvalue weighted by Gasteiger charge is -2.20. The predicted octanol–water partition coefficient (Wildman–Crippen LogP) is 4.20. The molecule has 1 aliphatic carbocycles. The molecule has 3 heteroatoms. The van der Waals surface area contributed by atoms with Gasteiger partial charge in [0.15, 0.2) is 6.10 Å². The summed E-state index contributed by atoms with van der Waals surface area (Å²) in [5.74, 6) is -1.07. The first-order valence-corrected chi connectivity index (χ1v) is 7.87. The smallest absolute Gasteiger partial charge is 0.317 e. The van der Waals surface area contributed by atoms with Crippen LogP contribution in [0.4, 0.5) is 0 Å². The summed E-state index contributed by atoms with van der Waals surface area (Å²) >= 11 is 0. The van der Waals surface area contributed by atoms with Gasteiger partial charge in [-0.2, -0.15) is 0 Å². The summed E-state index contributed by atoms with van der Waals surface area (Å²) in [6.07, 6.45) is 6.17. The van der Waals surface area contributed by atoms with E-state index in [4.69, 9.17) is 4.74 Å². The Balaban J connectivity index is 1.93. The second kappa shape index (κ2) is 7.09. The monoisotopic (exact) mass is 318 g/mol. The average Bonchev–Trinajstić information content (AvgIpc) is 3.15. The summed E-state index contributed by atoms with van der Waals surface area (Å²) in [5.41, 5.74) is 2.15. The molecule has 0 saturated heterocycles. The number of rotatable bonds is 5. The van der Waals surface area contributed by atoms with Gasteiger partial charge >= 0.3 is 5.97 Å². The number of aryl methyl sites for hydroxylation is 1. The number of hydrogen-bond donors (Lipinski definition) is 0. The molecular weight excluding hydrogens is 300 g/mol. The first-order chi connectivity index (χ1) is 11.7. The van der Waals surface area contributed by atoms with Crippen LogP contribution in [0.3, 0.4) is 0 Å². The Kier molecular flexibility index (Phi) is 4.71. The third-order valence-corrected chi connectivity index (χ3v) is 4.02. The lowest BCUT2D eigenvalue weighted by Crippen LogP contribution is -2.23. The Morgan fingerprint density at radius 3 is 2.21 bits per heavy atom. The normalized spacial score (nSPS) is 14.5. The summed E-state index contributed by atoms with van der Waals surface area (Å²) in [4.78, 5) is 25.3. The molecule has 0 N–H and O–H groups in total. The standard InChI is InChI=1S/C21H18O3/c1-15-9-5-8-14-18(15)20(19(22)16-10-3-2-4-11-16)24-21(23)17-12-6-7-13-17/h2-14,17,20H,1H3. The molecule has 3 nitrogen and oxygen atoms in total. The zero-order valence-corrected chi connectivity index (χ0v) is 13.4. The molecular formula is C21H18O3. The van der Waals surface area contributed by atoms with Crippen LogP contribution in [0.5, 0.6) is 0 Å². The van der Waals surface area contributed by atoms with Crippen molar-refractivity contribution < 1.29 is 14.3 Å². The van der Waals surface area contributed by atoms with E-state index in [2.05, 4.69) is 0 Å². The van der Waals surface area contributed by atoms with Crippen LogP contribution in [-0.2, 0) is 9.53 Å². The van der Waals surface area contributed by atoms with Crippen molar-refractivity contribution in [1.29, 1.82) is 0 Å². The van der Waals surface area contributed by atoms with Gasteiger partial charge in [0.25, 0.3) is 0 Å². The van der Waals surface area contributed by atoms with Crippen LogP contribution in [0.2, 0.25) is 0 Å². The van der Waals surface area contributed by atoms with Gasteiger partial charge in [-0.15, -0.1) is 0 Å². The molecule has 0 bridgehead atoms. The third kappa shape index (κ3) is 3.35. The van der Waals surface area contributed by atoms with Crippen molar-refractivity contribution in [2.75, 3.05) is 0 Å². The number of ether oxygens (including phenoxy) is 1. The zero-order valence-electron chi connectivity index (χ0n) is 13.4. The Morgan fingerprint density at radius 2 is 1.54 bits per heavy atom. The lowest BCUT2D eigenvalue weighted by molar-refractivity contribution is -0.149. The van der Waals surface area contributed by atoms with Crippen LogP contribution < -0.4 is 0 Å². The largest absolute Gasteiger partial charge is 0.448 e. The summed E-state index contributed by atoms with van der Waals surface area (Å²) in [5, 5.41) is 0. The van der Waals surface area contributed by atoms with Crippen molar-refractivity contribution in [1.82, 2.24) is 0 Å². The molecule has 1 aliphatic rings. The van der Waals surface area contributed by atoms with Crippen LogP contribution in [0.1, 0.15) is 27.6 Å². The maximum absolute atomic E-state index is 12.9. The van der Waals surface area contributed by atoms with Crippen LogP contribution in [0.25, 0.3) is 0 Å². The molecule has 0 spiro atoms. The van der Waals surface area contributed by atoms with Gasteiger partial charge in [0.1, 0.15) is 0 Å². The minimum atomic E-state index is -0.941. The molecule has 0 heterocycles. The zero-order chi connectivity index (χ0) is 16.9. The van der Waals surface area contributed by atoms with Crippen molar-refractivity contribution in [3.8, 4) is 0 Å². The first-order valence-electron chi connectivity index (χ1n) is 7.87. The van der Waals surface area contributed by atoms with Crippen molar-refractivity contribution in [3.05, 3.63) is 95.6 Å². The van der Waals surface area contributed by atoms with E-state index < -0.39 is 18.0 Å². The summed E-state index contributed by atoms with van der Waals surface area (Å²) in [6, 6.07) is 16.4. The Bertz CT molecular complexity index is 791. The molecule has 3 rings (SSSR count). The fraction of sp³-hybridized carbons (Fsp3) is 0.143. The van der Waals surface area contributed by atoms with E-state index in [1.165, 1.54) is 0 Å². The lowest BCUT2D eigenvalue weighted by atomic mass is 9.96. The highest BCUT2D eigenvalue weighted by Crippen LogP contribution is 2.27. The van der Waals surface area contributed by atoms with Gasteiger partial charge in [-0.05, 0) is 12.5 Å². The predicted molar refractivity (Wildman–Crippen MR) is 92.6 cm³/mol. The minimum absolute atomic E-state index is 0.218. The quantitative estimate of drug-likeness (QED) is 0.613. The van der Waals surface area contributed by atoms with Crippen molar-refractivity contribution >= 4 is 11.8 Å². The van der Waals surface area contributed by atoms with Gasteiger partial charge in [-0.1, -0.05) is 78.9 Å². The van der Waals surface area contributed by atoms with Gasteiger partial charge in [-0.25, -0.2) is 0 Å². The minimum Gasteiger partial charge on any atom is -0.448 e. The summed E-state index contributed by atoms with van der Waals surface area (Å²) in [6.45, 7) is 1.91. The van der Waals surface area contributed by atoms with Crippen molar-refractivity contribution in [3.63, 3.8) is 0 Å². The van der Waals surface area contributed by atoms with Gasteiger partial charge in [0.2, 0.25) is 5.78 Å². The molecule has 120 valence electrons. The van der Waals surface area contributed by atoms with Crippen LogP contribution in [0, 0.1) is 12.8 Å². The number of allylic oxidation sites excluding steroid dienone is 2. The molecule has 0 amide bonds. The van der Waals surface area contributed by atoms with Crippen LogP contribution in [0.15, 0.2) is 78.9 Å². The fourth-order valence-electron chi connectivity index (χ4n) is 2.68. The summed E-state index contributed by atoms with van der Waals surface area (Å²) in [7, 11) is 0. The fourth-order valence-corrected chi connectivity index (χ4v) is 2.68. The number of carbonyl (C=O) groups excluding carboxylic acids is 2. The molecule has 0 radical (unpaired) electrons. The maximum atomic E-state index is 12.9. The van der Waals surface area contributed by atoms with E-state index in [1.807, 2.05) is 37.3 Å². The molecule has 1 atom stereocenters. The number of benzene rings is 2. The Labute approximate surface area is 141 Å². The van der Waals surface area contributed by atoms with E-state index in [0.29, 0.717) is 11.1 Å². The van der Waals surface area contributed by atoms with Gasteiger partial charge in [0, 0.05) is 11.1 Å². The number of esters is 1. The Hall–Kier alpha value is -2.94. The molecule has 0 saturated carbocycles. The van der Waals surface area contributed by atoms with E-state index in [-0.39, 0.29) is 5.78 Å². The number of carbonyl (C=O) groups is 2. The van der Waals surface area contributed by atoms with E-state index >= 15 is 0 Å². The first kappa shape index (κ1) is 15.9. The molecule has 0 aliphatic heterocycles. The number of Topliss-reactive ketones (excluding diaryl/α,β-unsaturated/α-hetero) is 1. The van der Waals surface area contributed by atoms with E-state index in [0.717, 1.165) is 5.56 Å². The molecule has 24 heavy (non-hydrogen) atoms.